The van der Waals surface area contributed by atoms with Gasteiger partial charge in [-0.25, -0.2) is 0 Å². The number of aromatic amines is 1. The Balaban J connectivity index is 1.79. The first-order valence-corrected chi connectivity index (χ1v) is 9.27. The molecule has 4 aromatic rings. The Morgan fingerprint density at radius 3 is 2.21 bits per heavy atom. The van der Waals surface area contributed by atoms with Crippen LogP contribution in [-0.4, -0.2) is 15.2 Å². The van der Waals surface area contributed by atoms with E-state index in [1.54, 1.807) is 4.90 Å². The van der Waals surface area contributed by atoms with Crippen LogP contribution in [0.15, 0.2) is 60.7 Å². The fraction of sp³-hybridized carbons (Fsp3) is 0.174. The lowest BCUT2D eigenvalue weighted by Gasteiger charge is -2.16. The summed E-state index contributed by atoms with van der Waals surface area (Å²) in [6.07, 6.45) is 2.97. The van der Waals surface area contributed by atoms with Crippen molar-refractivity contribution in [2.45, 2.75) is 26.8 Å². The van der Waals surface area contributed by atoms with Crippen molar-refractivity contribution >= 4 is 16.7 Å². The molecule has 0 unspecified atom stereocenters. The molecule has 0 aliphatic heterocycles. The number of nitrogens with one attached hydrogen (secondary N) is 1. The first-order chi connectivity index (χ1) is 13.7. The van der Waals surface area contributed by atoms with E-state index in [0.717, 1.165) is 33.4 Å². The van der Waals surface area contributed by atoms with Crippen LogP contribution in [-0.2, 0) is 13.0 Å². The maximum atomic E-state index is 9.78. The standard InChI is InChI=1S/C23H21N5/c1-16-17(2)25-22-21(16)20(13-18-9-5-3-6-10-18)26-27-23(22)28(15-24)14-19-11-7-4-8-12-19/h3-12,25H,13-14H2,1-2H3. The van der Waals surface area contributed by atoms with Crippen molar-refractivity contribution in [2.24, 2.45) is 0 Å². The number of nitriles is 1. The van der Waals surface area contributed by atoms with Crippen LogP contribution >= 0.6 is 0 Å². The van der Waals surface area contributed by atoms with Crippen LogP contribution in [0.2, 0.25) is 0 Å². The zero-order valence-electron chi connectivity index (χ0n) is 16.0. The molecule has 0 atom stereocenters. The first kappa shape index (κ1) is 17.7. The fourth-order valence-electron chi connectivity index (χ4n) is 3.48. The maximum Gasteiger partial charge on any atom is 0.189 e. The highest BCUT2D eigenvalue weighted by atomic mass is 15.3. The molecule has 0 bridgehead atoms. The second-order valence-corrected chi connectivity index (χ2v) is 6.93. The van der Waals surface area contributed by atoms with Gasteiger partial charge in [-0.2, -0.15) is 10.4 Å². The lowest BCUT2D eigenvalue weighted by Crippen LogP contribution is -2.18. The number of nitrogens with zero attached hydrogens (tertiary/aromatic N) is 4. The van der Waals surface area contributed by atoms with Crippen molar-refractivity contribution in [3.05, 3.63) is 88.7 Å². The predicted octanol–water partition coefficient (Wildman–Crippen LogP) is 4.65. The van der Waals surface area contributed by atoms with Crippen molar-refractivity contribution in [3.8, 4) is 6.19 Å². The summed E-state index contributed by atoms with van der Waals surface area (Å²) in [6.45, 7) is 4.58. The molecule has 138 valence electrons. The number of hydrogen-bond donors (Lipinski definition) is 1. The van der Waals surface area contributed by atoms with Crippen LogP contribution in [0, 0.1) is 25.3 Å². The molecule has 0 amide bonds. The van der Waals surface area contributed by atoms with Gasteiger partial charge in [-0.05, 0) is 30.5 Å². The minimum absolute atomic E-state index is 0.455. The average molecular weight is 367 g/mol. The first-order valence-electron chi connectivity index (χ1n) is 9.27. The molecule has 0 fully saturated rings. The molecule has 5 nitrogen and oxygen atoms in total. The molecule has 2 aromatic heterocycles. The van der Waals surface area contributed by atoms with Crippen molar-refractivity contribution in [1.29, 1.82) is 5.26 Å². The van der Waals surface area contributed by atoms with Gasteiger partial charge in [0.05, 0.1) is 17.8 Å². The number of fused-ring (bicyclic) bond motifs is 1. The minimum Gasteiger partial charge on any atom is -0.355 e. The van der Waals surface area contributed by atoms with E-state index in [0.29, 0.717) is 18.8 Å². The number of aromatic nitrogens is 3. The zero-order chi connectivity index (χ0) is 19.5. The summed E-state index contributed by atoms with van der Waals surface area (Å²) >= 11 is 0. The molecule has 0 aliphatic carbocycles. The Morgan fingerprint density at radius 1 is 0.929 bits per heavy atom. The second-order valence-electron chi connectivity index (χ2n) is 6.93. The van der Waals surface area contributed by atoms with Gasteiger partial charge in [0, 0.05) is 17.5 Å². The van der Waals surface area contributed by atoms with Gasteiger partial charge < -0.3 is 4.98 Å². The SMILES string of the molecule is Cc1[nH]c2c(N(C#N)Cc3ccccc3)nnc(Cc3ccccc3)c2c1C. The molecular weight excluding hydrogens is 346 g/mol. The van der Waals surface area contributed by atoms with Gasteiger partial charge in [0.2, 0.25) is 0 Å². The maximum absolute atomic E-state index is 9.78. The van der Waals surface area contributed by atoms with E-state index in [-0.39, 0.29) is 0 Å². The predicted molar refractivity (Wildman–Crippen MR) is 111 cm³/mol. The van der Waals surface area contributed by atoms with Crippen molar-refractivity contribution in [3.63, 3.8) is 0 Å². The van der Waals surface area contributed by atoms with Crippen LogP contribution in [0.25, 0.3) is 10.9 Å². The van der Waals surface area contributed by atoms with Crippen LogP contribution in [0.3, 0.4) is 0 Å². The molecule has 0 radical (unpaired) electrons. The van der Waals surface area contributed by atoms with E-state index in [2.05, 4.69) is 40.4 Å². The van der Waals surface area contributed by atoms with Crippen molar-refractivity contribution in [2.75, 3.05) is 4.90 Å². The lowest BCUT2D eigenvalue weighted by molar-refractivity contribution is 0.891. The summed E-state index contributed by atoms with van der Waals surface area (Å²) in [6, 6.07) is 20.2. The zero-order valence-corrected chi connectivity index (χ0v) is 16.0. The Kier molecular flexibility index (Phi) is 4.77. The third-order valence-electron chi connectivity index (χ3n) is 5.05. The van der Waals surface area contributed by atoms with E-state index in [1.165, 1.54) is 5.56 Å². The van der Waals surface area contributed by atoms with Gasteiger partial charge in [0.1, 0.15) is 0 Å². The topological polar surface area (TPSA) is 68.6 Å². The fourth-order valence-corrected chi connectivity index (χ4v) is 3.48. The highest BCUT2D eigenvalue weighted by Gasteiger charge is 2.20. The smallest absolute Gasteiger partial charge is 0.189 e. The van der Waals surface area contributed by atoms with E-state index >= 15 is 0 Å². The number of anilines is 1. The normalized spacial score (nSPS) is 10.8. The van der Waals surface area contributed by atoms with E-state index in [1.807, 2.05) is 55.5 Å². The summed E-state index contributed by atoms with van der Waals surface area (Å²) < 4.78 is 0. The van der Waals surface area contributed by atoms with Gasteiger partial charge in [0.25, 0.3) is 0 Å². The Labute approximate surface area is 164 Å². The van der Waals surface area contributed by atoms with Gasteiger partial charge >= 0.3 is 0 Å². The third kappa shape index (κ3) is 3.33. The Hall–Kier alpha value is -3.65. The molecule has 28 heavy (non-hydrogen) atoms. The van der Waals surface area contributed by atoms with Crippen molar-refractivity contribution in [1.82, 2.24) is 15.2 Å². The molecule has 1 N–H and O–H groups in total. The van der Waals surface area contributed by atoms with Crippen LogP contribution in [0.4, 0.5) is 5.82 Å². The highest BCUT2D eigenvalue weighted by molar-refractivity contribution is 5.94. The molecule has 0 aliphatic rings. The summed E-state index contributed by atoms with van der Waals surface area (Å²) in [7, 11) is 0. The van der Waals surface area contributed by atoms with Gasteiger partial charge in [-0.1, -0.05) is 60.7 Å². The van der Waals surface area contributed by atoms with Crippen LogP contribution in [0.1, 0.15) is 28.1 Å². The van der Waals surface area contributed by atoms with Crippen molar-refractivity contribution < 1.29 is 0 Å². The molecule has 0 saturated heterocycles. The number of aryl methyl sites for hydroxylation is 2. The molecule has 4 rings (SSSR count). The van der Waals surface area contributed by atoms with Gasteiger partial charge in [-0.3, -0.25) is 4.90 Å². The summed E-state index contributed by atoms with van der Waals surface area (Å²) in [4.78, 5) is 5.02. The lowest BCUT2D eigenvalue weighted by atomic mass is 10.0. The van der Waals surface area contributed by atoms with Crippen LogP contribution < -0.4 is 4.90 Å². The number of hydrogen-bond acceptors (Lipinski definition) is 4. The second kappa shape index (κ2) is 7.53. The number of benzene rings is 2. The molecule has 0 spiro atoms. The van der Waals surface area contributed by atoms with Gasteiger partial charge in [0.15, 0.2) is 12.0 Å². The molecule has 2 aromatic carbocycles. The monoisotopic (exact) mass is 367 g/mol. The molecular formula is C23H21N5. The number of H-pyrrole nitrogens is 1. The summed E-state index contributed by atoms with van der Waals surface area (Å²) in [5.74, 6) is 0.564. The van der Waals surface area contributed by atoms with Gasteiger partial charge in [-0.15, -0.1) is 5.10 Å². The summed E-state index contributed by atoms with van der Waals surface area (Å²) in [5.41, 5.74) is 6.24. The average Bonchev–Trinajstić information content (AvgIpc) is 3.03. The molecule has 5 heteroatoms. The van der Waals surface area contributed by atoms with Crippen LogP contribution in [0.5, 0.6) is 0 Å². The largest absolute Gasteiger partial charge is 0.355 e. The number of rotatable bonds is 5. The van der Waals surface area contributed by atoms with E-state index < -0.39 is 0 Å². The van der Waals surface area contributed by atoms with E-state index in [9.17, 15) is 5.26 Å². The molecule has 2 heterocycles. The highest BCUT2D eigenvalue weighted by Crippen LogP contribution is 2.31. The summed E-state index contributed by atoms with van der Waals surface area (Å²) in [5, 5.41) is 19.8. The van der Waals surface area contributed by atoms with E-state index in [4.69, 9.17) is 0 Å². The molecule has 0 saturated carbocycles. The third-order valence-corrected chi connectivity index (χ3v) is 5.05. The Bertz CT molecular complexity index is 1140. The quantitative estimate of drug-likeness (QED) is 0.412. The Morgan fingerprint density at radius 2 is 1.57 bits per heavy atom. The minimum atomic E-state index is 0.455.